The SMILES string of the molecule is [N].c1ncc2cn[nH]c2n1. The summed E-state index contributed by atoms with van der Waals surface area (Å²) in [5.74, 6) is 0. The van der Waals surface area contributed by atoms with Crippen LogP contribution in [0.2, 0.25) is 0 Å². The Balaban J connectivity index is 0.000000500. The van der Waals surface area contributed by atoms with Gasteiger partial charge in [0.2, 0.25) is 0 Å². The number of fused-ring (bicyclic) bond motifs is 1. The first-order valence-corrected chi connectivity index (χ1v) is 2.56. The normalized spacial score (nSPS) is 9.20. The van der Waals surface area contributed by atoms with E-state index in [1.165, 1.54) is 6.33 Å². The third kappa shape index (κ3) is 0.822. The van der Waals surface area contributed by atoms with Crippen LogP contribution in [-0.4, -0.2) is 20.2 Å². The minimum Gasteiger partial charge on any atom is -0.261 e. The van der Waals surface area contributed by atoms with Crippen molar-refractivity contribution < 1.29 is 0 Å². The van der Waals surface area contributed by atoms with E-state index in [4.69, 9.17) is 0 Å². The van der Waals surface area contributed by atoms with Crippen LogP contribution in [0.25, 0.3) is 11.0 Å². The van der Waals surface area contributed by atoms with Gasteiger partial charge in [-0.05, 0) is 0 Å². The van der Waals surface area contributed by atoms with E-state index in [-0.39, 0.29) is 6.15 Å². The van der Waals surface area contributed by atoms with Gasteiger partial charge in [-0.2, -0.15) is 5.10 Å². The van der Waals surface area contributed by atoms with Crippen LogP contribution in [0.15, 0.2) is 18.7 Å². The van der Waals surface area contributed by atoms with Crippen molar-refractivity contribution in [2.75, 3.05) is 0 Å². The van der Waals surface area contributed by atoms with Crippen molar-refractivity contribution in [1.29, 1.82) is 0 Å². The molecule has 0 aliphatic heterocycles. The van der Waals surface area contributed by atoms with Gasteiger partial charge in [-0.25, -0.2) is 9.97 Å². The van der Waals surface area contributed by atoms with Crippen LogP contribution in [0.1, 0.15) is 0 Å². The number of aromatic amines is 1. The molecule has 0 bridgehead atoms. The van der Waals surface area contributed by atoms with Gasteiger partial charge in [0.25, 0.3) is 0 Å². The monoisotopic (exact) mass is 134 g/mol. The molecule has 0 saturated carbocycles. The molecule has 0 amide bonds. The average molecular weight is 134 g/mol. The molecule has 0 unspecified atom stereocenters. The second-order valence-corrected chi connectivity index (χ2v) is 1.70. The van der Waals surface area contributed by atoms with Crippen molar-refractivity contribution >= 4 is 11.0 Å². The zero-order valence-corrected chi connectivity index (χ0v) is 5.02. The number of rotatable bonds is 0. The third-order valence-electron chi connectivity index (χ3n) is 1.11. The van der Waals surface area contributed by atoms with Crippen molar-refractivity contribution in [2.24, 2.45) is 0 Å². The maximum atomic E-state index is 3.91. The van der Waals surface area contributed by atoms with Crippen molar-refractivity contribution in [2.45, 2.75) is 0 Å². The molecule has 1 N–H and O–H groups in total. The Labute approximate surface area is 57.1 Å². The summed E-state index contributed by atoms with van der Waals surface area (Å²) in [5.41, 5.74) is 0.782. The highest BCUT2D eigenvalue weighted by Gasteiger charge is 1.90. The van der Waals surface area contributed by atoms with Gasteiger partial charge in [-0.3, -0.25) is 5.10 Å². The van der Waals surface area contributed by atoms with Gasteiger partial charge in [0.15, 0.2) is 5.65 Å². The fraction of sp³-hybridized carbons (Fsp3) is 0. The molecule has 5 heteroatoms. The quantitative estimate of drug-likeness (QED) is 0.544. The molecule has 0 aromatic carbocycles. The molecule has 0 aliphatic rings. The lowest BCUT2D eigenvalue weighted by atomic mass is 10.5. The highest BCUT2D eigenvalue weighted by atomic mass is 15.1. The van der Waals surface area contributed by atoms with Gasteiger partial charge in [-0.1, -0.05) is 0 Å². The van der Waals surface area contributed by atoms with Crippen LogP contribution < -0.4 is 6.15 Å². The lowest BCUT2D eigenvalue weighted by Gasteiger charge is -1.80. The van der Waals surface area contributed by atoms with Gasteiger partial charge < -0.3 is 0 Å². The molecular formula is C5H4N5. The Kier molecular flexibility index (Phi) is 1.59. The van der Waals surface area contributed by atoms with E-state index >= 15 is 0 Å². The Bertz CT molecular complexity index is 284. The molecule has 0 aliphatic carbocycles. The second kappa shape index (κ2) is 2.40. The van der Waals surface area contributed by atoms with Gasteiger partial charge in [0.05, 0.1) is 11.6 Å². The van der Waals surface area contributed by atoms with Gasteiger partial charge in [-0.15, -0.1) is 0 Å². The van der Waals surface area contributed by atoms with Crippen LogP contribution in [0, 0.1) is 0 Å². The zero-order chi connectivity index (χ0) is 6.10. The van der Waals surface area contributed by atoms with E-state index < -0.39 is 0 Å². The number of nitrogens with zero attached hydrogens (tertiary/aromatic N) is 4. The molecule has 2 heterocycles. The van der Waals surface area contributed by atoms with E-state index in [0.717, 1.165) is 11.0 Å². The maximum absolute atomic E-state index is 3.91. The molecule has 2 rings (SSSR count). The predicted molar refractivity (Wildman–Crippen MR) is 33.8 cm³/mol. The van der Waals surface area contributed by atoms with E-state index in [1.54, 1.807) is 12.4 Å². The van der Waals surface area contributed by atoms with Crippen LogP contribution in [0.5, 0.6) is 0 Å². The van der Waals surface area contributed by atoms with E-state index in [0.29, 0.717) is 0 Å². The van der Waals surface area contributed by atoms with Crippen LogP contribution in [-0.2, 0) is 0 Å². The van der Waals surface area contributed by atoms with E-state index in [9.17, 15) is 0 Å². The van der Waals surface area contributed by atoms with E-state index in [2.05, 4.69) is 20.2 Å². The molecular weight excluding hydrogens is 130 g/mol. The Morgan fingerprint density at radius 2 is 2.20 bits per heavy atom. The molecule has 0 saturated heterocycles. The molecule has 49 valence electrons. The predicted octanol–water partition coefficient (Wildman–Crippen LogP) is -0.128. The van der Waals surface area contributed by atoms with Crippen LogP contribution >= 0.6 is 0 Å². The smallest absolute Gasteiger partial charge is 0.158 e. The first kappa shape index (κ1) is 6.63. The molecule has 10 heavy (non-hydrogen) atoms. The summed E-state index contributed by atoms with van der Waals surface area (Å²) in [6.45, 7) is 0. The molecule has 2 aromatic heterocycles. The van der Waals surface area contributed by atoms with Crippen molar-refractivity contribution in [3.8, 4) is 0 Å². The average Bonchev–Trinajstić information content (AvgIpc) is 2.33. The van der Waals surface area contributed by atoms with Crippen molar-refractivity contribution in [1.82, 2.24) is 26.3 Å². The molecule has 0 atom stereocenters. The van der Waals surface area contributed by atoms with Crippen molar-refractivity contribution in [3.05, 3.63) is 18.7 Å². The number of hydrogen-bond donors (Lipinski definition) is 1. The standard InChI is InChI=1S/C5H4N4.N/c1-4-2-8-9-5(4)7-3-6-1;/h1-3H,(H,6,7,8,9);. The van der Waals surface area contributed by atoms with Gasteiger partial charge in [0.1, 0.15) is 6.33 Å². The summed E-state index contributed by atoms with van der Waals surface area (Å²) in [6, 6.07) is 0. The molecule has 2 aromatic rings. The topological polar surface area (TPSA) is 85.0 Å². The van der Waals surface area contributed by atoms with Crippen LogP contribution in [0.3, 0.4) is 0 Å². The molecule has 0 spiro atoms. The largest absolute Gasteiger partial charge is 0.261 e. The number of hydrogen-bond acceptors (Lipinski definition) is 3. The fourth-order valence-corrected chi connectivity index (χ4v) is 0.691. The van der Waals surface area contributed by atoms with Gasteiger partial charge in [0, 0.05) is 12.3 Å². The lowest BCUT2D eigenvalue weighted by Crippen LogP contribution is -1.75. The first-order chi connectivity index (χ1) is 4.47. The first-order valence-electron chi connectivity index (χ1n) is 2.56. The fourth-order valence-electron chi connectivity index (χ4n) is 0.691. The highest BCUT2D eigenvalue weighted by Crippen LogP contribution is 2.01. The second-order valence-electron chi connectivity index (χ2n) is 1.70. The summed E-state index contributed by atoms with van der Waals surface area (Å²) in [6.07, 6.45) is 4.89. The number of aromatic nitrogens is 4. The Morgan fingerprint density at radius 1 is 1.30 bits per heavy atom. The summed E-state index contributed by atoms with van der Waals surface area (Å²) < 4.78 is 0. The minimum absolute atomic E-state index is 0. The third-order valence-corrected chi connectivity index (χ3v) is 1.11. The Hall–Kier alpha value is -1.49. The molecule has 0 fully saturated rings. The summed E-state index contributed by atoms with van der Waals surface area (Å²) in [5, 5.41) is 7.43. The number of nitrogens with one attached hydrogen (secondary N) is 1. The van der Waals surface area contributed by atoms with Crippen LogP contribution in [0.4, 0.5) is 0 Å². The molecule has 5 nitrogen and oxygen atoms in total. The minimum atomic E-state index is 0. The summed E-state index contributed by atoms with van der Waals surface area (Å²) in [7, 11) is 0. The van der Waals surface area contributed by atoms with E-state index in [1.807, 2.05) is 0 Å². The summed E-state index contributed by atoms with van der Waals surface area (Å²) in [4.78, 5) is 7.73. The highest BCUT2D eigenvalue weighted by molar-refractivity contribution is 5.71. The summed E-state index contributed by atoms with van der Waals surface area (Å²) >= 11 is 0. The number of H-pyrrole nitrogens is 1. The van der Waals surface area contributed by atoms with Crippen molar-refractivity contribution in [3.63, 3.8) is 0 Å². The molecule has 3 radical (unpaired) electrons. The maximum Gasteiger partial charge on any atom is 0.158 e. The van der Waals surface area contributed by atoms with Gasteiger partial charge >= 0.3 is 0 Å². The lowest BCUT2D eigenvalue weighted by molar-refractivity contribution is 1.09. The Morgan fingerprint density at radius 3 is 3.00 bits per heavy atom. The zero-order valence-electron chi connectivity index (χ0n) is 5.02.